The molecule has 0 aromatic heterocycles. The summed E-state index contributed by atoms with van der Waals surface area (Å²) in [7, 11) is 0. The van der Waals surface area contributed by atoms with Gasteiger partial charge in [0.15, 0.2) is 0 Å². The van der Waals surface area contributed by atoms with E-state index in [1.807, 2.05) is 11.8 Å². The molecule has 0 amide bonds. The van der Waals surface area contributed by atoms with Gasteiger partial charge in [0.25, 0.3) is 0 Å². The van der Waals surface area contributed by atoms with Gasteiger partial charge in [0, 0.05) is 21.7 Å². The van der Waals surface area contributed by atoms with Crippen molar-refractivity contribution in [1.82, 2.24) is 0 Å². The molecule has 0 saturated heterocycles. The Morgan fingerprint density at radius 2 is 1.94 bits per heavy atom. The second kappa shape index (κ2) is 6.41. The Labute approximate surface area is 121 Å². The standard InChI is InChI=1S/C15H16BrNS/c1-11-4-2-3-5-13(11)10-18-15-7-12(9-17)6-14(16)8-15/h2-8H,9-10,17H2,1H3. The number of rotatable bonds is 4. The predicted octanol–water partition coefficient (Wildman–Crippen LogP) is 4.51. The minimum atomic E-state index is 0.581. The smallest absolute Gasteiger partial charge is 0.0234 e. The van der Waals surface area contributed by atoms with Gasteiger partial charge in [-0.05, 0) is 41.8 Å². The number of nitrogens with two attached hydrogens (primary N) is 1. The zero-order chi connectivity index (χ0) is 13.0. The van der Waals surface area contributed by atoms with Crippen molar-refractivity contribution in [3.05, 3.63) is 63.6 Å². The fourth-order valence-corrected chi connectivity index (χ4v) is 3.54. The number of benzene rings is 2. The number of aryl methyl sites for hydroxylation is 1. The number of halogens is 1. The first-order valence-corrected chi connectivity index (χ1v) is 7.64. The lowest BCUT2D eigenvalue weighted by Crippen LogP contribution is -1.96. The van der Waals surface area contributed by atoms with E-state index in [4.69, 9.17) is 5.73 Å². The highest BCUT2D eigenvalue weighted by atomic mass is 79.9. The van der Waals surface area contributed by atoms with Gasteiger partial charge in [-0.3, -0.25) is 0 Å². The molecular formula is C15H16BrNS. The van der Waals surface area contributed by atoms with E-state index in [-0.39, 0.29) is 0 Å². The lowest BCUT2D eigenvalue weighted by molar-refractivity contribution is 1.06. The Morgan fingerprint density at radius 3 is 2.67 bits per heavy atom. The maximum atomic E-state index is 5.69. The molecule has 0 radical (unpaired) electrons. The van der Waals surface area contributed by atoms with Gasteiger partial charge in [-0.15, -0.1) is 11.8 Å². The van der Waals surface area contributed by atoms with Crippen LogP contribution in [0.1, 0.15) is 16.7 Å². The lowest BCUT2D eigenvalue weighted by atomic mass is 10.1. The molecule has 0 aliphatic rings. The van der Waals surface area contributed by atoms with E-state index in [2.05, 4.69) is 65.3 Å². The van der Waals surface area contributed by atoms with Gasteiger partial charge in [-0.2, -0.15) is 0 Å². The number of hydrogen-bond acceptors (Lipinski definition) is 2. The van der Waals surface area contributed by atoms with Gasteiger partial charge in [-0.25, -0.2) is 0 Å². The topological polar surface area (TPSA) is 26.0 Å². The van der Waals surface area contributed by atoms with Crippen LogP contribution in [0.2, 0.25) is 0 Å². The molecule has 0 bridgehead atoms. The first-order chi connectivity index (χ1) is 8.69. The fourth-order valence-electron chi connectivity index (χ4n) is 1.76. The average molecular weight is 322 g/mol. The van der Waals surface area contributed by atoms with Crippen molar-refractivity contribution >= 4 is 27.7 Å². The Balaban J connectivity index is 2.11. The third kappa shape index (κ3) is 3.61. The quantitative estimate of drug-likeness (QED) is 0.838. The molecule has 0 fully saturated rings. The Hall–Kier alpha value is -0.770. The molecule has 0 aliphatic heterocycles. The molecule has 0 aliphatic carbocycles. The van der Waals surface area contributed by atoms with Crippen LogP contribution in [0, 0.1) is 6.92 Å². The molecule has 0 unspecified atom stereocenters. The Bertz CT molecular complexity index is 540. The van der Waals surface area contributed by atoms with E-state index in [1.165, 1.54) is 16.0 Å². The second-order valence-electron chi connectivity index (χ2n) is 4.21. The first kappa shape index (κ1) is 13.7. The van der Waals surface area contributed by atoms with Crippen LogP contribution >= 0.6 is 27.7 Å². The molecule has 2 N–H and O–H groups in total. The zero-order valence-corrected chi connectivity index (χ0v) is 12.7. The Kier molecular flexibility index (Phi) is 4.87. The van der Waals surface area contributed by atoms with Crippen molar-refractivity contribution in [1.29, 1.82) is 0 Å². The summed E-state index contributed by atoms with van der Waals surface area (Å²) in [5.41, 5.74) is 9.58. The van der Waals surface area contributed by atoms with Crippen LogP contribution in [0.25, 0.3) is 0 Å². The minimum Gasteiger partial charge on any atom is -0.326 e. The van der Waals surface area contributed by atoms with Gasteiger partial charge in [0.05, 0.1) is 0 Å². The van der Waals surface area contributed by atoms with E-state index in [0.717, 1.165) is 15.8 Å². The van der Waals surface area contributed by atoms with Crippen LogP contribution in [0.3, 0.4) is 0 Å². The summed E-state index contributed by atoms with van der Waals surface area (Å²) in [6.45, 7) is 2.74. The first-order valence-electron chi connectivity index (χ1n) is 5.86. The zero-order valence-electron chi connectivity index (χ0n) is 10.3. The van der Waals surface area contributed by atoms with Gasteiger partial charge in [0.1, 0.15) is 0 Å². The van der Waals surface area contributed by atoms with Crippen LogP contribution in [-0.2, 0) is 12.3 Å². The third-order valence-electron chi connectivity index (χ3n) is 2.82. The summed E-state index contributed by atoms with van der Waals surface area (Å²) in [6.07, 6.45) is 0. The van der Waals surface area contributed by atoms with Crippen LogP contribution in [0.5, 0.6) is 0 Å². The average Bonchev–Trinajstić information content (AvgIpc) is 2.37. The molecule has 0 spiro atoms. The van der Waals surface area contributed by atoms with Crippen molar-refractivity contribution in [3.8, 4) is 0 Å². The predicted molar refractivity (Wildman–Crippen MR) is 82.8 cm³/mol. The lowest BCUT2D eigenvalue weighted by Gasteiger charge is -2.07. The molecule has 18 heavy (non-hydrogen) atoms. The highest BCUT2D eigenvalue weighted by molar-refractivity contribution is 9.10. The molecule has 2 aromatic carbocycles. The maximum absolute atomic E-state index is 5.69. The normalized spacial score (nSPS) is 10.6. The van der Waals surface area contributed by atoms with Gasteiger partial charge < -0.3 is 5.73 Å². The van der Waals surface area contributed by atoms with Crippen molar-refractivity contribution in [2.24, 2.45) is 5.73 Å². The second-order valence-corrected chi connectivity index (χ2v) is 6.18. The minimum absolute atomic E-state index is 0.581. The summed E-state index contributed by atoms with van der Waals surface area (Å²) >= 11 is 5.37. The molecule has 94 valence electrons. The van der Waals surface area contributed by atoms with Crippen LogP contribution < -0.4 is 5.73 Å². The highest BCUT2D eigenvalue weighted by Gasteiger charge is 2.02. The number of thioether (sulfide) groups is 1. The summed E-state index contributed by atoms with van der Waals surface area (Å²) < 4.78 is 1.10. The monoisotopic (exact) mass is 321 g/mol. The third-order valence-corrected chi connectivity index (χ3v) is 4.30. The summed E-state index contributed by atoms with van der Waals surface area (Å²) in [5.74, 6) is 0.993. The van der Waals surface area contributed by atoms with E-state index in [0.29, 0.717) is 6.54 Å². The van der Waals surface area contributed by atoms with E-state index < -0.39 is 0 Å². The van der Waals surface area contributed by atoms with Crippen molar-refractivity contribution in [2.45, 2.75) is 24.1 Å². The van der Waals surface area contributed by atoms with Crippen molar-refractivity contribution in [2.75, 3.05) is 0 Å². The molecule has 0 saturated carbocycles. The van der Waals surface area contributed by atoms with Crippen LogP contribution in [0.4, 0.5) is 0 Å². The van der Waals surface area contributed by atoms with Crippen molar-refractivity contribution < 1.29 is 0 Å². The maximum Gasteiger partial charge on any atom is 0.0234 e. The highest BCUT2D eigenvalue weighted by Crippen LogP contribution is 2.28. The van der Waals surface area contributed by atoms with E-state index in [9.17, 15) is 0 Å². The van der Waals surface area contributed by atoms with Crippen molar-refractivity contribution in [3.63, 3.8) is 0 Å². The number of hydrogen-bond donors (Lipinski definition) is 1. The van der Waals surface area contributed by atoms with Crippen LogP contribution in [0.15, 0.2) is 51.8 Å². The summed E-state index contributed by atoms with van der Waals surface area (Å²) in [6, 6.07) is 14.9. The van der Waals surface area contributed by atoms with E-state index in [1.54, 1.807) is 0 Å². The van der Waals surface area contributed by atoms with Gasteiger partial charge in [-0.1, -0.05) is 40.2 Å². The molecule has 2 rings (SSSR count). The van der Waals surface area contributed by atoms with Crippen LogP contribution in [-0.4, -0.2) is 0 Å². The largest absolute Gasteiger partial charge is 0.326 e. The summed E-state index contributed by atoms with van der Waals surface area (Å²) in [5, 5.41) is 0. The molecule has 3 heteroatoms. The SMILES string of the molecule is Cc1ccccc1CSc1cc(Br)cc(CN)c1. The molecule has 2 aromatic rings. The summed E-state index contributed by atoms with van der Waals surface area (Å²) in [4.78, 5) is 1.26. The van der Waals surface area contributed by atoms with Gasteiger partial charge >= 0.3 is 0 Å². The molecular weight excluding hydrogens is 306 g/mol. The van der Waals surface area contributed by atoms with E-state index >= 15 is 0 Å². The van der Waals surface area contributed by atoms with Gasteiger partial charge in [0.2, 0.25) is 0 Å². The molecule has 0 atom stereocenters. The Morgan fingerprint density at radius 1 is 1.17 bits per heavy atom. The molecule has 0 heterocycles. The molecule has 1 nitrogen and oxygen atoms in total. The fraction of sp³-hybridized carbons (Fsp3) is 0.200.